The Morgan fingerprint density at radius 1 is 1.42 bits per heavy atom. The maximum absolute atomic E-state index is 12.2. The summed E-state index contributed by atoms with van der Waals surface area (Å²) in [5, 5.41) is 0. The Balaban J connectivity index is 3.23. The van der Waals surface area contributed by atoms with Gasteiger partial charge in [-0.3, -0.25) is 4.98 Å². The molecule has 12 heavy (non-hydrogen) atoms. The van der Waals surface area contributed by atoms with Crippen molar-refractivity contribution in [2.75, 3.05) is 0 Å². The fraction of sp³-hybridized carbons (Fsp3) is 0.286. The van der Waals surface area contributed by atoms with E-state index in [2.05, 4.69) is 4.98 Å². The van der Waals surface area contributed by atoms with E-state index in [1.807, 2.05) is 0 Å². The summed E-state index contributed by atoms with van der Waals surface area (Å²) in [6, 6.07) is 1.04. The standard InChI is InChI=1S/C7H5F3IN/c1-4-3-12-6(11)2-5(4)7(8,9)10/h2-3H,1H3. The van der Waals surface area contributed by atoms with Crippen LogP contribution in [0.5, 0.6) is 0 Å². The van der Waals surface area contributed by atoms with Gasteiger partial charge in [0.15, 0.2) is 0 Å². The van der Waals surface area contributed by atoms with Crippen molar-refractivity contribution in [3.8, 4) is 0 Å². The van der Waals surface area contributed by atoms with Gasteiger partial charge in [-0.1, -0.05) is 0 Å². The molecular weight excluding hydrogens is 282 g/mol. The summed E-state index contributed by atoms with van der Waals surface area (Å²) < 4.78 is 36.9. The van der Waals surface area contributed by atoms with Crippen LogP contribution in [0.25, 0.3) is 0 Å². The quantitative estimate of drug-likeness (QED) is 0.528. The van der Waals surface area contributed by atoms with E-state index in [0.717, 1.165) is 6.07 Å². The second kappa shape index (κ2) is 3.20. The molecule has 0 saturated carbocycles. The first-order valence-corrected chi connectivity index (χ1v) is 4.18. The molecule has 1 aromatic heterocycles. The molecule has 0 radical (unpaired) electrons. The number of halogens is 4. The third kappa shape index (κ3) is 2.09. The van der Waals surface area contributed by atoms with Gasteiger partial charge in [0.2, 0.25) is 0 Å². The highest BCUT2D eigenvalue weighted by Gasteiger charge is 2.32. The minimum atomic E-state index is -4.27. The molecule has 0 saturated heterocycles. The molecular formula is C7H5F3IN. The third-order valence-corrected chi connectivity index (χ3v) is 1.97. The number of aromatic nitrogens is 1. The first-order valence-electron chi connectivity index (χ1n) is 3.10. The minimum Gasteiger partial charge on any atom is -0.250 e. The lowest BCUT2D eigenvalue weighted by atomic mass is 10.1. The lowest BCUT2D eigenvalue weighted by Gasteiger charge is -2.09. The predicted molar refractivity (Wildman–Crippen MR) is 46.7 cm³/mol. The molecule has 0 spiro atoms. The van der Waals surface area contributed by atoms with Crippen LogP contribution in [0.1, 0.15) is 11.1 Å². The van der Waals surface area contributed by atoms with E-state index < -0.39 is 11.7 Å². The monoisotopic (exact) mass is 287 g/mol. The summed E-state index contributed by atoms with van der Waals surface area (Å²) in [5.41, 5.74) is -0.454. The Morgan fingerprint density at radius 3 is 2.42 bits per heavy atom. The maximum Gasteiger partial charge on any atom is 0.416 e. The van der Waals surface area contributed by atoms with Gasteiger partial charge in [0.05, 0.1) is 5.56 Å². The van der Waals surface area contributed by atoms with Crippen molar-refractivity contribution in [2.45, 2.75) is 13.1 Å². The average molecular weight is 287 g/mol. The average Bonchev–Trinajstić information content (AvgIpc) is 1.92. The summed E-state index contributed by atoms with van der Waals surface area (Å²) in [4.78, 5) is 3.74. The van der Waals surface area contributed by atoms with E-state index in [0.29, 0.717) is 3.70 Å². The lowest BCUT2D eigenvalue weighted by Crippen LogP contribution is -2.08. The largest absolute Gasteiger partial charge is 0.416 e. The summed E-state index contributed by atoms with van der Waals surface area (Å²) in [5.74, 6) is 0. The number of hydrogen-bond acceptors (Lipinski definition) is 1. The third-order valence-electron chi connectivity index (χ3n) is 1.38. The van der Waals surface area contributed by atoms with Gasteiger partial charge < -0.3 is 0 Å². The van der Waals surface area contributed by atoms with Crippen molar-refractivity contribution in [1.29, 1.82) is 0 Å². The van der Waals surface area contributed by atoms with Crippen LogP contribution in [0.15, 0.2) is 12.3 Å². The van der Waals surface area contributed by atoms with E-state index in [4.69, 9.17) is 0 Å². The van der Waals surface area contributed by atoms with Gasteiger partial charge in [-0.15, -0.1) is 0 Å². The highest BCUT2D eigenvalue weighted by Crippen LogP contribution is 2.31. The minimum absolute atomic E-state index is 0.155. The number of nitrogens with zero attached hydrogens (tertiary/aromatic N) is 1. The van der Waals surface area contributed by atoms with Gasteiger partial charge in [-0.05, 0) is 41.1 Å². The number of hydrogen-bond donors (Lipinski definition) is 0. The summed E-state index contributed by atoms with van der Waals surface area (Å²) in [7, 11) is 0. The van der Waals surface area contributed by atoms with Crippen molar-refractivity contribution >= 4 is 22.6 Å². The highest BCUT2D eigenvalue weighted by atomic mass is 127. The lowest BCUT2D eigenvalue weighted by molar-refractivity contribution is -0.138. The van der Waals surface area contributed by atoms with E-state index in [1.165, 1.54) is 13.1 Å². The summed E-state index contributed by atoms with van der Waals surface area (Å²) in [6.45, 7) is 1.39. The Hall–Kier alpha value is -0.330. The molecule has 0 aliphatic carbocycles. The molecule has 0 amide bonds. The van der Waals surface area contributed by atoms with Crippen LogP contribution >= 0.6 is 22.6 Å². The molecule has 1 heterocycles. The maximum atomic E-state index is 12.2. The molecule has 0 bridgehead atoms. The molecule has 0 aliphatic rings. The molecule has 1 rings (SSSR count). The number of aryl methyl sites for hydroxylation is 1. The molecule has 0 aliphatic heterocycles. The molecule has 0 N–H and O–H groups in total. The van der Waals surface area contributed by atoms with Crippen molar-refractivity contribution in [2.24, 2.45) is 0 Å². The molecule has 66 valence electrons. The van der Waals surface area contributed by atoms with Crippen LogP contribution in [0.4, 0.5) is 13.2 Å². The zero-order chi connectivity index (χ0) is 9.35. The van der Waals surface area contributed by atoms with E-state index >= 15 is 0 Å². The fourth-order valence-corrected chi connectivity index (χ4v) is 1.25. The van der Waals surface area contributed by atoms with E-state index in [9.17, 15) is 13.2 Å². The second-order valence-electron chi connectivity index (χ2n) is 2.32. The number of rotatable bonds is 0. The van der Waals surface area contributed by atoms with Gasteiger partial charge in [0.1, 0.15) is 3.70 Å². The smallest absolute Gasteiger partial charge is 0.250 e. The topological polar surface area (TPSA) is 12.9 Å². The van der Waals surface area contributed by atoms with E-state index in [1.54, 1.807) is 22.6 Å². The highest BCUT2D eigenvalue weighted by molar-refractivity contribution is 14.1. The molecule has 0 fully saturated rings. The van der Waals surface area contributed by atoms with Crippen LogP contribution < -0.4 is 0 Å². The van der Waals surface area contributed by atoms with Crippen LogP contribution in [-0.2, 0) is 6.18 Å². The number of pyridine rings is 1. The Labute approximate surface area is 81.1 Å². The van der Waals surface area contributed by atoms with Gasteiger partial charge in [-0.2, -0.15) is 13.2 Å². The first-order chi connectivity index (χ1) is 5.41. The van der Waals surface area contributed by atoms with Crippen molar-refractivity contribution in [3.05, 3.63) is 27.1 Å². The van der Waals surface area contributed by atoms with Crippen LogP contribution in [-0.4, -0.2) is 4.98 Å². The Kier molecular flexibility index (Phi) is 2.60. The van der Waals surface area contributed by atoms with Gasteiger partial charge >= 0.3 is 6.18 Å². The van der Waals surface area contributed by atoms with Crippen molar-refractivity contribution < 1.29 is 13.2 Å². The predicted octanol–water partition coefficient (Wildman–Crippen LogP) is 3.01. The number of alkyl halides is 3. The first kappa shape index (κ1) is 9.76. The SMILES string of the molecule is Cc1cnc(I)cc1C(F)(F)F. The normalized spacial score (nSPS) is 11.8. The molecule has 5 heteroatoms. The Bertz CT molecular complexity index is 295. The van der Waals surface area contributed by atoms with E-state index in [-0.39, 0.29) is 5.56 Å². The second-order valence-corrected chi connectivity index (χ2v) is 3.42. The zero-order valence-electron chi connectivity index (χ0n) is 6.11. The van der Waals surface area contributed by atoms with Gasteiger partial charge in [0, 0.05) is 6.20 Å². The molecule has 1 nitrogen and oxygen atoms in total. The zero-order valence-corrected chi connectivity index (χ0v) is 8.27. The molecule has 1 aromatic rings. The van der Waals surface area contributed by atoms with Gasteiger partial charge in [-0.25, -0.2) is 0 Å². The Morgan fingerprint density at radius 2 is 2.00 bits per heavy atom. The fourth-order valence-electron chi connectivity index (χ4n) is 0.804. The van der Waals surface area contributed by atoms with Crippen molar-refractivity contribution in [1.82, 2.24) is 4.98 Å². The van der Waals surface area contributed by atoms with Crippen LogP contribution in [0.3, 0.4) is 0 Å². The summed E-state index contributed by atoms with van der Waals surface area (Å²) >= 11 is 1.75. The molecule has 0 atom stereocenters. The molecule has 0 aromatic carbocycles. The molecule has 0 unspecified atom stereocenters. The van der Waals surface area contributed by atoms with Crippen molar-refractivity contribution in [3.63, 3.8) is 0 Å². The van der Waals surface area contributed by atoms with Crippen LogP contribution in [0.2, 0.25) is 0 Å². The van der Waals surface area contributed by atoms with Gasteiger partial charge in [0.25, 0.3) is 0 Å². The van der Waals surface area contributed by atoms with Crippen LogP contribution in [0, 0.1) is 10.6 Å². The summed E-state index contributed by atoms with van der Waals surface area (Å²) in [6.07, 6.45) is -3.04.